The minimum absolute atomic E-state index is 0. The Bertz CT molecular complexity index is 5110. The van der Waals surface area contributed by atoms with Gasteiger partial charge in [0.15, 0.2) is 18.9 Å². The third-order valence-electron chi connectivity index (χ3n) is 19.4. The number of halogens is 3. The molecule has 6 aliphatic rings. The molecule has 0 atom stereocenters. The number of hydrogen-bond donors (Lipinski definition) is 12. The molecule has 6 aliphatic heterocycles. The number of aliphatic carboxylic acids is 1. The number of H-pyrrole nitrogens is 5. The van der Waals surface area contributed by atoms with E-state index < -0.39 is 45.5 Å². The number of carbonyl (C=O) groups excluding carboxylic acids is 6. The number of nitrogens with one attached hydrogen (secondary N) is 7. The molecule has 131 heavy (non-hydrogen) atoms. The minimum Gasteiger partial charge on any atom is -1.00 e. The molecule has 35 nitrogen and oxygen atoms in total. The molecule has 39 heteroatoms. The van der Waals surface area contributed by atoms with Crippen LogP contribution >= 0.6 is 23.2 Å². The number of rotatable bonds is 14. The Morgan fingerprint density at radius 1 is 0.511 bits per heavy atom. The Hall–Kier alpha value is -10.3. The maximum Gasteiger partial charge on any atom is 2.00 e. The van der Waals surface area contributed by atoms with Crippen molar-refractivity contribution in [2.24, 2.45) is 4.99 Å². The number of urea groups is 1. The van der Waals surface area contributed by atoms with Crippen molar-refractivity contribution in [2.45, 2.75) is 230 Å². The van der Waals surface area contributed by atoms with Crippen LogP contribution in [0.4, 0.5) is 25.8 Å². The van der Waals surface area contributed by atoms with E-state index in [1.165, 1.54) is 18.9 Å². The summed E-state index contributed by atoms with van der Waals surface area (Å²) in [5.41, 5.74) is 8.56. The van der Waals surface area contributed by atoms with Crippen LogP contribution in [-0.4, -0.2) is 238 Å². The predicted molar refractivity (Wildman–Crippen MR) is 496 cm³/mol. The topological polar surface area (TPSA) is 469 Å². The molecule has 1 saturated heterocycles. The van der Waals surface area contributed by atoms with E-state index in [9.17, 15) is 54.0 Å². The van der Waals surface area contributed by atoms with Crippen molar-refractivity contribution in [3.63, 3.8) is 0 Å². The number of aromatic amines is 5. The maximum absolute atomic E-state index is 12.5. The minimum atomic E-state index is -1.05. The molecular formula is C92H130BrCl2MgN17O18. The van der Waals surface area contributed by atoms with E-state index in [1.807, 2.05) is 77.9 Å². The van der Waals surface area contributed by atoms with Crippen LogP contribution in [0.25, 0.3) is 0 Å². The molecule has 0 bridgehead atoms. The van der Waals surface area contributed by atoms with Crippen LogP contribution in [0.2, 0.25) is 10.0 Å². The number of nitrogens with zero attached hydrogens (tertiary/aromatic N) is 10. The van der Waals surface area contributed by atoms with Crippen LogP contribution in [0.3, 0.4) is 0 Å². The molecule has 11 heterocycles. The Labute approximate surface area is 803 Å². The van der Waals surface area contributed by atoms with Gasteiger partial charge in [-0.15, -0.1) is 0 Å². The molecule has 5 amide bonds. The summed E-state index contributed by atoms with van der Waals surface area (Å²) >= 11 is 11.5. The first-order chi connectivity index (χ1) is 59.4. The van der Waals surface area contributed by atoms with Crippen LogP contribution in [0.1, 0.15) is 221 Å². The zero-order valence-corrected chi connectivity index (χ0v) is 80.8. The molecule has 0 saturated carbocycles. The van der Waals surface area contributed by atoms with Crippen molar-refractivity contribution in [1.29, 1.82) is 0 Å². The largest absolute Gasteiger partial charge is 2.00 e. The SMILES string of the molecule is C.C.C1CCOC1.CC(C)(C)OC(=O)N1CCc2[nH]nc(C(C)(C)O)c2C1.CC(C)(O)c1n[nH]c2c1CN(C(=O)COc1ccccc1)CC2.CC(C)(O)c1n[nH]c2c1CN(C(=O)Nc1cccc(Cl)c1)CC2.CC(C)(O)c1n[nH]c2c1CNCC2.CCOC(=O)c1n[nH]c2c1CN(C(=O)OC(C)(C)C)CC2.O=C(O)COc1ccccc1.O=C=Nc1cccc(Cl)c1.[Br-].[CH3-].[Mg+2]. The zero-order valence-electron chi connectivity index (χ0n) is 76.3. The van der Waals surface area contributed by atoms with Crippen LogP contribution in [0, 0.1) is 7.43 Å². The number of aliphatic hydroxyl groups is 4. The summed E-state index contributed by atoms with van der Waals surface area (Å²) in [4.78, 5) is 90.7. The van der Waals surface area contributed by atoms with Crippen molar-refractivity contribution in [1.82, 2.24) is 75.9 Å². The van der Waals surface area contributed by atoms with Crippen molar-refractivity contribution < 1.29 is 104 Å². The number of anilines is 1. The second-order valence-corrected chi connectivity index (χ2v) is 35.0. The van der Waals surface area contributed by atoms with Crippen molar-refractivity contribution >= 4 is 99.8 Å². The number of esters is 1. The molecule has 714 valence electrons. The van der Waals surface area contributed by atoms with Crippen LogP contribution in [-0.2, 0) is 121 Å². The van der Waals surface area contributed by atoms with E-state index >= 15 is 0 Å². The van der Waals surface area contributed by atoms with E-state index in [0.29, 0.717) is 134 Å². The fraction of sp³-hybridized carbons (Fsp3) is 0.489. The number of amides is 5. The summed E-state index contributed by atoms with van der Waals surface area (Å²) in [6, 6.07) is 31.7. The van der Waals surface area contributed by atoms with E-state index in [1.54, 1.807) is 155 Å². The second-order valence-electron chi connectivity index (χ2n) is 34.1. The van der Waals surface area contributed by atoms with Gasteiger partial charge in [0, 0.05) is 163 Å². The van der Waals surface area contributed by atoms with Gasteiger partial charge in [0.25, 0.3) is 5.91 Å². The Morgan fingerprint density at radius 2 is 0.901 bits per heavy atom. The third-order valence-corrected chi connectivity index (χ3v) is 19.8. The van der Waals surface area contributed by atoms with Crippen molar-refractivity contribution in [2.75, 3.05) is 71.1 Å². The number of aliphatic imine (C=N–C) groups is 1. The Morgan fingerprint density at radius 3 is 1.31 bits per heavy atom. The molecule has 0 aliphatic carbocycles. The van der Waals surface area contributed by atoms with Gasteiger partial charge >= 0.3 is 53.2 Å². The van der Waals surface area contributed by atoms with Gasteiger partial charge in [0.1, 0.15) is 45.1 Å². The maximum atomic E-state index is 12.5. The number of para-hydroxylation sites is 2. The molecular weight excluding hydrogens is 1810 g/mol. The average Bonchev–Trinajstić information content (AvgIpc) is 1.65. The smallest absolute Gasteiger partial charge is 1.00 e. The molecule has 0 spiro atoms. The predicted octanol–water partition coefficient (Wildman–Crippen LogP) is 11.2. The summed E-state index contributed by atoms with van der Waals surface area (Å²) in [5.74, 6) is -0.244. The molecule has 0 radical (unpaired) electrons. The number of fused-ring (bicyclic) bond motifs is 5. The quantitative estimate of drug-likeness (QED) is 0.0120. The monoisotopic (exact) mass is 1930 g/mol. The molecule has 15 rings (SSSR count). The van der Waals surface area contributed by atoms with Crippen LogP contribution in [0.5, 0.6) is 11.5 Å². The van der Waals surface area contributed by atoms with Crippen molar-refractivity contribution in [3.8, 4) is 11.5 Å². The van der Waals surface area contributed by atoms with Crippen LogP contribution < -0.4 is 37.1 Å². The Balaban J connectivity index is 0.000000394. The normalized spacial score (nSPS) is 13.9. The molecule has 0 unspecified atom stereocenters. The number of carboxylic acids is 1. The van der Waals surface area contributed by atoms with Gasteiger partial charge in [-0.2, -0.15) is 30.5 Å². The number of aromatic nitrogens is 10. The van der Waals surface area contributed by atoms with E-state index in [2.05, 4.69) is 66.6 Å². The summed E-state index contributed by atoms with van der Waals surface area (Å²) in [6.45, 7) is 34.1. The van der Waals surface area contributed by atoms with Gasteiger partial charge in [-0.25, -0.2) is 28.8 Å². The first kappa shape index (κ1) is 115. The fourth-order valence-electron chi connectivity index (χ4n) is 13.4. The second kappa shape index (κ2) is 52.8. The molecule has 1 fully saturated rings. The number of carbonyl (C=O) groups is 6. The summed E-state index contributed by atoms with van der Waals surface area (Å²) in [6.07, 6.45) is 6.93. The Kier molecular flexibility index (Phi) is 46.3. The molecule has 12 N–H and O–H groups in total. The first-order valence-electron chi connectivity index (χ1n) is 41.5. The summed E-state index contributed by atoms with van der Waals surface area (Å²) in [5, 5.41) is 91.3. The zero-order chi connectivity index (χ0) is 92.3. The molecule has 9 aromatic rings. The van der Waals surface area contributed by atoms with E-state index in [-0.39, 0.29) is 112 Å². The first-order valence-corrected chi connectivity index (χ1v) is 42.3. The van der Waals surface area contributed by atoms with Gasteiger partial charge in [-0.05, 0) is 177 Å². The van der Waals surface area contributed by atoms with E-state index in [4.69, 9.17) is 56.7 Å². The number of isocyanates is 1. The number of carboxylic acid groups (broad SMARTS) is 1. The van der Waals surface area contributed by atoms with Gasteiger partial charge in [-0.1, -0.05) is 86.6 Å². The molecule has 5 aromatic heterocycles. The van der Waals surface area contributed by atoms with Crippen molar-refractivity contribution in [3.05, 3.63) is 211 Å². The number of hydrogen-bond acceptors (Lipinski definition) is 24. The van der Waals surface area contributed by atoms with E-state index in [0.717, 1.165) is 89.1 Å². The van der Waals surface area contributed by atoms with Gasteiger partial charge in [0.05, 0.1) is 54.7 Å². The summed E-state index contributed by atoms with van der Waals surface area (Å²) < 4.78 is 31.1. The standard InChI is InChI=1S/C17H21N3O3.C16H19ClN4O2.C14H21N3O4.C14H23N3O3.C9H15N3O.C8H8O3.C7H4ClNO.C4H8O.2CH4.CH3.BrH.Mg/c1-17(2,22)16-13-10-20(9-8-14(13)18-19-16)15(21)11-23-12-6-4-3-5-7-12;1-16(2,23)14-12-9-21(7-6-13(12)19-20-14)15(22)18-11-5-3-4-10(17)8-11;1-5-20-12(18)11-9-8-17(7-6-10(9)15-16-11)13(19)21-14(2,3)4;1-13(2,3)20-12(18)17-7-6-10-9(8-17)11(16-15-10)14(4,5)19;1-9(2,13)8-6-5-10-4-3-7(6)11-12-8;9-8(10)6-11-7-4-2-1-3-5-7;8-6-2-1-3-7(4-6)9-5-10;1-2-4-5-3-1;;;;;/h3-7,22H,8-11H2,1-2H3,(H,18,19);3-5,8,23H,6-7,9H2,1-2H3,(H,18,22)(H,19,20);5-8H2,1-4H3,(H,15,16);19H,6-8H2,1-5H3,(H,15,16);10,13H,3-5H2,1-2H3,(H,11,12);1-5H,6H2,(H,9,10);1-4H;1-4H2;2*1H4;1H3;1H;/q;;;;;;;;;;-1;;+2/p-1. The fourth-order valence-corrected chi connectivity index (χ4v) is 13.8. The number of benzene rings is 4. The molecule has 4 aromatic carbocycles. The van der Waals surface area contributed by atoms with Gasteiger partial charge in [0.2, 0.25) is 6.08 Å². The summed E-state index contributed by atoms with van der Waals surface area (Å²) in [7, 11) is 0. The average molecular weight is 1940 g/mol. The third kappa shape index (κ3) is 36.7. The van der Waals surface area contributed by atoms with Gasteiger partial charge in [-0.3, -0.25) is 30.3 Å². The van der Waals surface area contributed by atoms with Crippen LogP contribution in [0.15, 0.2) is 114 Å². The van der Waals surface area contributed by atoms with Gasteiger partial charge < -0.3 is 109 Å². The number of ether oxygens (including phenoxy) is 6.